The largest absolute Gasteiger partial charge is 0.310 e. The molecule has 0 aliphatic rings. The van der Waals surface area contributed by atoms with Crippen LogP contribution in [0.25, 0.3) is 16.9 Å². The van der Waals surface area contributed by atoms with Gasteiger partial charge in [-0.3, -0.25) is 4.40 Å². The van der Waals surface area contributed by atoms with Gasteiger partial charge in [0.05, 0.1) is 5.69 Å². The van der Waals surface area contributed by atoms with Gasteiger partial charge in [0.25, 0.3) is 0 Å². The first-order valence-corrected chi connectivity index (χ1v) is 7.16. The van der Waals surface area contributed by atoms with E-state index in [1.807, 2.05) is 40.9 Å². The van der Waals surface area contributed by atoms with Crippen molar-refractivity contribution in [1.82, 2.24) is 14.7 Å². The summed E-state index contributed by atoms with van der Waals surface area (Å²) >= 11 is 0. The van der Waals surface area contributed by atoms with Gasteiger partial charge in [-0.2, -0.15) is 0 Å². The van der Waals surface area contributed by atoms with E-state index >= 15 is 0 Å². The van der Waals surface area contributed by atoms with Crippen LogP contribution in [0.5, 0.6) is 0 Å². The molecule has 0 bridgehead atoms. The molecule has 108 valence electrons. The summed E-state index contributed by atoms with van der Waals surface area (Å²) < 4.78 is 16.2. The number of fused-ring (bicyclic) bond motifs is 1. The van der Waals surface area contributed by atoms with Crippen molar-refractivity contribution in [2.75, 3.05) is 6.54 Å². The van der Waals surface area contributed by atoms with Crippen LogP contribution in [0.15, 0.2) is 48.8 Å². The Hall–Kier alpha value is -2.20. The van der Waals surface area contributed by atoms with E-state index < -0.39 is 0 Å². The minimum atomic E-state index is -0.219. The molecular formula is C17H18FN3. The van der Waals surface area contributed by atoms with Gasteiger partial charge in [0.2, 0.25) is 0 Å². The molecule has 0 fully saturated rings. The fourth-order valence-electron chi connectivity index (χ4n) is 2.60. The first-order valence-electron chi connectivity index (χ1n) is 7.16. The van der Waals surface area contributed by atoms with E-state index in [2.05, 4.69) is 24.1 Å². The van der Waals surface area contributed by atoms with Crippen LogP contribution < -0.4 is 5.32 Å². The lowest BCUT2D eigenvalue weighted by Crippen LogP contribution is -2.17. The van der Waals surface area contributed by atoms with Crippen LogP contribution in [0.1, 0.15) is 25.5 Å². The van der Waals surface area contributed by atoms with Crippen LogP contribution in [-0.2, 0) is 0 Å². The molecule has 2 heterocycles. The Morgan fingerprint density at radius 2 is 2.14 bits per heavy atom. The Morgan fingerprint density at radius 1 is 1.29 bits per heavy atom. The van der Waals surface area contributed by atoms with Crippen molar-refractivity contribution in [3.8, 4) is 11.3 Å². The lowest BCUT2D eigenvalue weighted by atomic mass is 10.0. The SMILES string of the molecule is CCNC(C)c1ccc(F)c(-c2cccc3nccn23)c1. The first-order chi connectivity index (χ1) is 10.2. The number of hydrogen-bond acceptors (Lipinski definition) is 2. The maximum atomic E-state index is 14.3. The summed E-state index contributed by atoms with van der Waals surface area (Å²) in [5, 5.41) is 3.35. The summed E-state index contributed by atoms with van der Waals surface area (Å²) in [6, 6.07) is 11.2. The van der Waals surface area contributed by atoms with Gasteiger partial charge in [0, 0.05) is 24.0 Å². The molecule has 0 saturated carbocycles. The number of nitrogens with zero attached hydrogens (tertiary/aromatic N) is 2. The van der Waals surface area contributed by atoms with Gasteiger partial charge in [-0.1, -0.05) is 19.1 Å². The average molecular weight is 283 g/mol. The second kappa shape index (κ2) is 5.66. The Labute approximate surface area is 123 Å². The molecule has 2 aromatic heterocycles. The van der Waals surface area contributed by atoms with Crippen molar-refractivity contribution >= 4 is 5.65 Å². The summed E-state index contributed by atoms with van der Waals surface area (Å²) in [5.41, 5.74) is 3.30. The molecule has 21 heavy (non-hydrogen) atoms. The number of imidazole rings is 1. The minimum Gasteiger partial charge on any atom is -0.310 e. The molecule has 3 rings (SSSR count). The van der Waals surface area contributed by atoms with Gasteiger partial charge in [0.15, 0.2) is 0 Å². The van der Waals surface area contributed by atoms with Crippen molar-refractivity contribution in [3.05, 3.63) is 60.2 Å². The third-order valence-electron chi connectivity index (χ3n) is 3.70. The third-order valence-corrected chi connectivity index (χ3v) is 3.70. The summed E-state index contributed by atoms with van der Waals surface area (Å²) in [7, 11) is 0. The van der Waals surface area contributed by atoms with Crippen molar-refractivity contribution in [2.45, 2.75) is 19.9 Å². The van der Waals surface area contributed by atoms with Crippen molar-refractivity contribution in [2.24, 2.45) is 0 Å². The second-order valence-electron chi connectivity index (χ2n) is 5.09. The molecule has 3 nitrogen and oxygen atoms in total. The molecule has 0 aliphatic heterocycles. The molecule has 0 saturated heterocycles. The van der Waals surface area contributed by atoms with Crippen LogP contribution in [0.3, 0.4) is 0 Å². The van der Waals surface area contributed by atoms with Gasteiger partial charge in [-0.25, -0.2) is 9.37 Å². The monoisotopic (exact) mass is 283 g/mol. The fourth-order valence-corrected chi connectivity index (χ4v) is 2.60. The van der Waals surface area contributed by atoms with E-state index in [4.69, 9.17) is 0 Å². The molecule has 1 unspecified atom stereocenters. The summed E-state index contributed by atoms with van der Waals surface area (Å²) in [6.45, 7) is 5.02. The second-order valence-corrected chi connectivity index (χ2v) is 5.09. The molecule has 4 heteroatoms. The zero-order valence-corrected chi connectivity index (χ0v) is 12.2. The molecule has 0 aliphatic carbocycles. The molecule has 0 spiro atoms. The van der Waals surface area contributed by atoms with Crippen molar-refractivity contribution in [1.29, 1.82) is 0 Å². The summed E-state index contributed by atoms with van der Waals surface area (Å²) in [5.74, 6) is -0.219. The van der Waals surface area contributed by atoms with Crippen molar-refractivity contribution < 1.29 is 4.39 Å². The van der Waals surface area contributed by atoms with Crippen LogP contribution in [0, 0.1) is 5.82 Å². The standard InChI is InChI=1S/C17H18FN3/c1-3-19-12(2)13-7-8-15(18)14(11-13)16-5-4-6-17-20-9-10-21(16)17/h4-12,19H,3H2,1-2H3. The van der Waals surface area contributed by atoms with Gasteiger partial charge < -0.3 is 5.32 Å². The van der Waals surface area contributed by atoms with E-state index in [9.17, 15) is 4.39 Å². The number of aromatic nitrogens is 2. The highest BCUT2D eigenvalue weighted by Crippen LogP contribution is 2.27. The number of rotatable bonds is 4. The summed E-state index contributed by atoms with van der Waals surface area (Å²) in [6.07, 6.45) is 3.58. The number of benzene rings is 1. The fraction of sp³-hybridized carbons (Fsp3) is 0.235. The lowest BCUT2D eigenvalue weighted by Gasteiger charge is -2.15. The molecule has 0 radical (unpaired) electrons. The highest BCUT2D eigenvalue weighted by Gasteiger charge is 2.12. The van der Waals surface area contributed by atoms with Gasteiger partial charge >= 0.3 is 0 Å². The van der Waals surface area contributed by atoms with E-state index in [-0.39, 0.29) is 11.9 Å². The molecule has 3 aromatic rings. The number of pyridine rings is 1. The molecule has 1 aromatic carbocycles. The van der Waals surface area contributed by atoms with Gasteiger partial charge in [0.1, 0.15) is 11.5 Å². The number of halogens is 1. The van der Waals surface area contributed by atoms with Gasteiger partial charge in [-0.15, -0.1) is 0 Å². The normalized spacial score (nSPS) is 12.7. The molecule has 1 N–H and O–H groups in total. The van der Waals surface area contributed by atoms with E-state index in [0.29, 0.717) is 5.56 Å². The predicted octanol–water partition coefficient (Wildman–Crippen LogP) is 3.81. The number of nitrogens with one attached hydrogen (secondary N) is 1. The highest BCUT2D eigenvalue weighted by atomic mass is 19.1. The quantitative estimate of drug-likeness (QED) is 0.789. The Bertz CT molecular complexity index is 764. The summed E-state index contributed by atoms with van der Waals surface area (Å²) in [4.78, 5) is 4.25. The van der Waals surface area contributed by atoms with Crippen molar-refractivity contribution in [3.63, 3.8) is 0 Å². The topological polar surface area (TPSA) is 29.3 Å². The highest BCUT2D eigenvalue weighted by molar-refractivity contribution is 5.65. The predicted molar refractivity (Wildman–Crippen MR) is 82.7 cm³/mol. The molecule has 1 atom stereocenters. The molecule has 0 amide bonds. The van der Waals surface area contributed by atoms with E-state index in [1.54, 1.807) is 6.20 Å². The number of hydrogen-bond donors (Lipinski definition) is 1. The Morgan fingerprint density at radius 3 is 2.95 bits per heavy atom. The molecular weight excluding hydrogens is 265 g/mol. The maximum absolute atomic E-state index is 14.3. The van der Waals surface area contributed by atoms with Crippen LogP contribution in [0.2, 0.25) is 0 Å². The van der Waals surface area contributed by atoms with E-state index in [0.717, 1.165) is 23.4 Å². The minimum absolute atomic E-state index is 0.191. The Balaban J connectivity index is 2.13. The Kier molecular flexibility index (Phi) is 3.71. The van der Waals surface area contributed by atoms with Crippen LogP contribution in [-0.4, -0.2) is 15.9 Å². The van der Waals surface area contributed by atoms with Crippen LogP contribution in [0.4, 0.5) is 4.39 Å². The van der Waals surface area contributed by atoms with Gasteiger partial charge in [-0.05, 0) is 43.3 Å². The zero-order valence-electron chi connectivity index (χ0n) is 12.2. The lowest BCUT2D eigenvalue weighted by molar-refractivity contribution is 0.592. The smallest absolute Gasteiger partial charge is 0.137 e. The van der Waals surface area contributed by atoms with Crippen LogP contribution >= 0.6 is 0 Å². The first kappa shape index (κ1) is 13.8. The third kappa shape index (κ3) is 2.54. The maximum Gasteiger partial charge on any atom is 0.137 e. The zero-order chi connectivity index (χ0) is 14.8. The average Bonchev–Trinajstić information content (AvgIpc) is 2.96. The van der Waals surface area contributed by atoms with E-state index in [1.165, 1.54) is 6.07 Å².